The van der Waals surface area contributed by atoms with Crippen molar-refractivity contribution in [2.24, 2.45) is 11.8 Å². The first-order valence-electron chi connectivity index (χ1n) is 7.23. The lowest BCUT2D eigenvalue weighted by atomic mass is 9.80. The van der Waals surface area contributed by atoms with Crippen LogP contribution in [0.3, 0.4) is 0 Å². The summed E-state index contributed by atoms with van der Waals surface area (Å²) in [6.45, 7) is 5.20. The maximum absolute atomic E-state index is 13.1. The quantitative estimate of drug-likeness (QED) is 0.859. The standard InChI is InChI=1S/C16H23F2N/c1-11(2)13-4-6-14(7-5-13)19-10-12-3-8-15(17)16(18)9-12/h3,8-9,11,13-14,19H,4-7,10H2,1-2H3. The lowest BCUT2D eigenvalue weighted by molar-refractivity contribution is 0.238. The fourth-order valence-electron chi connectivity index (χ4n) is 2.90. The topological polar surface area (TPSA) is 12.0 Å². The smallest absolute Gasteiger partial charge is 0.159 e. The van der Waals surface area contributed by atoms with Gasteiger partial charge in [-0.2, -0.15) is 0 Å². The molecule has 2 rings (SSSR count). The molecule has 1 aromatic carbocycles. The molecule has 0 unspecified atom stereocenters. The second-order valence-electron chi connectivity index (χ2n) is 5.99. The second kappa shape index (κ2) is 6.47. The summed E-state index contributed by atoms with van der Waals surface area (Å²) in [4.78, 5) is 0. The van der Waals surface area contributed by atoms with Crippen LogP contribution in [0.1, 0.15) is 45.1 Å². The van der Waals surface area contributed by atoms with E-state index >= 15 is 0 Å². The highest BCUT2D eigenvalue weighted by atomic mass is 19.2. The first kappa shape index (κ1) is 14.4. The first-order chi connectivity index (χ1) is 9.06. The third kappa shape index (κ3) is 4.00. The van der Waals surface area contributed by atoms with Gasteiger partial charge in [0.2, 0.25) is 0 Å². The van der Waals surface area contributed by atoms with Crippen molar-refractivity contribution in [3.8, 4) is 0 Å². The molecule has 106 valence electrons. The molecule has 1 saturated carbocycles. The number of hydrogen-bond acceptors (Lipinski definition) is 1. The Balaban J connectivity index is 1.79. The van der Waals surface area contributed by atoms with Crippen LogP contribution in [0.5, 0.6) is 0 Å². The van der Waals surface area contributed by atoms with Crippen molar-refractivity contribution in [3.05, 3.63) is 35.4 Å². The highest BCUT2D eigenvalue weighted by molar-refractivity contribution is 5.17. The molecule has 1 aliphatic rings. The highest BCUT2D eigenvalue weighted by Crippen LogP contribution is 2.29. The molecule has 0 heterocycles. The SMILES string of the molecule is CC(C)C1CCC(NCc2ccc(F)c(F)c2)CC1. The van der Waals surface area contributed by atoms with Crippen LogP contribution < -0.4 is 5.32 Å². The lowest BCUT2D eigenvalue weighted by Gasteiger charge is -2.31. The summed E-state index contributed by atoms with van der Waals surface area (Å²) in [6, 6.07) is 4.64. The Morgan fingerprint density at radius 3 is 2.37 bits per heavy atom. The van der Waals surface area contributed by atoms with E-state index in [0.717, 1.165) is 17.4 Å². The minimum Gasteiger partial charge on any atom is -0.310 e. The molecule has 1 N–H and O–H groups in total. The maximum Gasteiger partial charge on any atom is 0.159 e. The van der Waals surface area contributed by atoms with Gasteiger partial charge in [-0.05, 0) is 55.2 Å². The van der Waals surface area contributed by atoms with Gasteiger partial charge in [0.05, 0.1) is 0 Å². The zero-order valence-electron chi connectivity index (χ0n) is 11.8. The zero-order chi connectivity index (χ0) is 13.8. The summed E-state index contributed by atoms with van der Waals surface area (Å²) in [7, 11) is 0. The predicted octanol–water partition coefficient (Wildman–Crippen LogP) is 4.27. The molecule has 0 amide bonds. The van der Waals surface area contributed by atoms with Crippen molar-refractivity contribution in [3.63, 3.8) is 0 Å². The van der Waals surface area contributed by atoms with E-state index in [9.17, 15) is 8.78 Å². The van der Waals surface area contributed by atoms with Gasteiger partial charge in [-0.3, -0.25) is 0 Å². The van der Waals surface area contributed by atoms with Crippen molar-refractivity contribution in [2.45, 2.75) is 52.1 Å². The zero-order valence-corrected chi connectivity index (χ0v) is 11.8. The van der Waals surface area contributed by atoms with E-state index < -0.39 is 11.6 Å². The van der Waals surface area contributed by atoms with E-state index in [0.29, 0.717) is 12.6 Å². The Morgan fingerprint density at radius 2 is 1.79 bits per heavy atom. The molecule has 0 radical (unpaired) electrons. The Bertz CT molecular complexity index is 409. The fraction of sp³-hybridized carbons (Fsp3) is 0.625. The minimum absolute atomic E-state index is 0.517. The summed E-state index contributed by atoms with van der Waals surface area (Å²) in [5.41, 5.74) is 0.810. The van der Waals surface area contributed by atoms with E-state index in [1.165, 1.54) is 37.8 Å². The van der Waals surface area contributed by atoms with Gasteiger partial charge in [-0.1, -0.05) is 19.9 Å². The maximum atomic E-state index is 13.1. The van der Waals surface area contributed by atoms with Crippen LogP contribution in [0.2, 0.25) is 0 Å². The van der Waals surface area contributed by atoms with Crippen molar-refractivity contribution in [1.29, 1.82) is 0 Å². The number of benzene rings is 1. The molecule has 0 aromatic heterocycles. The summed E-state index contributed by atoms with van der Waals surface area (Å²) in [5.74, 6) is 0.0810. The van der Waals surface area contributed by atoms with Crippen LogP contribution in [0.25, 0.3) is 0 Å². The van der Waals surface area contributed by atoms with Crippen LogP contribution in [-0.2, 0) is 6.54 Å². The van der Waals surface area contributed by atoms with Gasteiger partial charge >= 0.3 is 0 Å². The average Bonchev–Trinajstić information content (AvgIpc) is 2.40. The van der Waals surface area contributed by atoms with Gasteiger partial charge in [0.25, 0.3) is 0 Å². The molecule has 0 spiro atoms. The van der Waals surface area contributed by atoms with E-state index in [1.54, 1.807) is 6.07 Å². The second-order valence-corrected chi connectivity index (χ2v) is 5.99. The number of halogens is 2. The van der Waals surface area contributed by atoms with E-state index in [1.807, 2.05) is 0 Å². The third-order valence-corrected chi connectivity index (χ3v) is 4.29. The molecular formula is C16H23F2N. The van der Waals surface area contributed by atoms with Gasteiger partial charge < -0.3 is 5.32 Å². The van der Waals surface area contributed by atoms with Crippen LogP contribution in [-0.4, -0.2) is 6.04 Å². The van der Waals surface area contributed by atoms with E-state index in [2.05, 4.69) is 19.2 Å². The summed E-state index contributed by atoms with van der Waals surface area (Å²) in [6.07, 6.45) is 4.92. The van der Waals surface area contributed by atoms with Gasteiger partial charge in [0.15, 0.2) is 11.6 Å². The van der Waals surface area contributed by atoms with E-state index in [4.69, 9.17) is 0 Å². The normalized spacial score (nSPS) is 23.8. The number of nitrogens with one attached hydrogen (secondary N) is 1. The van der Waals surface area contributed by atoms with E-state index in [-0.39, 0.29) is 0 Å². The molecule has 1 aromatic rings. The number of hydrogen-bond donors (Lipinski definition) is 1. The van der Waals surface area contributed by atoms with Crippen molar-refractivity contribution < 1.29 is 8.78 Å². The van der Waals surface area contributed by atoms with Crippen molar-refractivity contribution in [2.75, 3.05) is 0 Å². The van der Waals surface area contributed by atoms with Crippen molar-refractivity contribution in [1.82, 2.24) is 5.32 Å². The Morgan fingerprint density at radius 1 is 1.11 bits per heavy atom. The summed E-state index contributed by atoms with van der Waals surface area (Å²) >= 11 is 0. The Hall–Kier alpha value is -0.960. The van der Waals surface area contributed by atoms with Gasteiger partial charge in [0, 0.05) is 12.6 Å². The summed E-state index contributed by atoms with van der Waals surface area (Å²) in [5, 5.41) is 3.45. The number of rotatable bonds is 4. The first-order valence-corrected chi connectivity index (χ1v) is 7.23. The van der Waals surface area contributed by atoms with Crippen LogP contribution in [0.4, 0.5) is 8.78 Å². The Kier molecular flexibility index (Phi) is 4.92. The monoisotopic (exact) mass is 267 g/mol. The van der Waals surface area contributed by atoms with Crippen LogP contribution in [0, 0.1) is 23.5 Å². The molecule has 1 nitrogen and oxygen atoms in total. The van der Waals surface area contributed by atoms with Gasteiger partial charge in [-0.15, -0.1) is 0 Å². The largest absolute Gasteiger partial charge is 0.310 e. The highest BCUT2D eigenvalue weighted by Gasteiger charge is 2.22. The molecule has 0 bridgehead atoms. The molecule has 0 atom stereocenters. The van der Waals surface area contributed by atoms with Crippen LogP contribution in [0.15, 0.2) is 18.2 Å². The molecule has 1 fully saturated rings. The molecule has 19 heavy (non-hydrogen) atoms. The van der Waals surface area contributed by atoms with Crippen molar-refractivity contribution >= 4 is 0 Å². The minimum atomic E-state index is -0.777. The third-order valence-electron chi connectivity index (χ3n) is 4.29. The average molecular weight is 267 g/mol. The molecule has 0 saturated heterocycles. The van der Waals surface area contributed by atoms with Crippen LogP contribution >= 0.6 is 0 Å². The lowest BCUT2D eigenvalue weighted by Crippen LogP contribution is -2.33. The molecule has 1 aliphatic carbocycles. The summed E-state index contributed by atoms with van der Waals surface area (Å²) < 4.78 is 25.9. The molecule has 3 heteroatoms. The fourth-order valence-corrected chi connectivity index (χ4v) is 2.90. The molecular weight excluding hydrogens is 244 g/mol. The van der Waals surface area contributed by atoms with Gasteiger partial charge in [-0.25, -0.2) is 8.78 Å². The molecule has 0 aliphatic heterocycles. The predicted molar refractivity (Wildman–Crippen MR) is 73.8 cm³/mol. The Labute approximate surface area is 114 Å². The van der Waals surface area contributed by atoms with Gasteiger partial charge in [0.1, 0.15) is 0 Å².